The number of carbonyl (C=O) groups excluding carboxylic acids is 3. The van der Waals surface area contributed by atoms with Crippen LogP contribution in [-0.4, -0.2) is 69.7 Å². The van der Waals surface area contributed by atoms with Crippen molar-refractivity contribution in [2.75, 3.05) is 19.6 Å². The Balaban J connectivity index is 2.65. The van der Waals surface area contributed by atoms with Gasteiger partial charge in [0, 0.05) is 13.1 Å². The van der Waals surface area contributed by atoms with Crippen LogP contribution >= 0.6 is 0 Å². The van der Waals surface area contributed by atoms with Gasteiger partial charge >= 0.3 is 18.1 Å². The van der Waals surface area contributed by atoms with Gasteiger partial charge in [-0.15, -0.1) is 0 Å². The first kappa shape index (κ1) is 18.7. The van der Waals surface area contributed by atoms with Crippen LogP contribution < -0.4 is 5.32 Å². The van der Waals surface area contributed by atoms with E-state index < -0.39 is 41.7 Å². The van der Waals surface area contributed by atoms with Crippen LogP contribution in [0.4, 0.5) is 9.59 Å². The van der Waals surface area contributed by atoms with Crippen molar-refractivity contribution in [3.05, 3.63) is 0 Å². The van der Waals surface area contributed by atoms with Crippen molar-refractivity contribution in [3.8, 4) is 0 Å². The maximum atomic E-state index is 12.2. The van der Waals surface area contributed by atoms with Crippen molar-refractivity contribution in [3.63, 3.8) is 0 Å². The molecule has 0 spiro atoms. The number of hydrogen-bond acceptors (Lipinski definition) is 5. The molecule has 1 saturated heterocycles. The molecule has 130 valence electrons. The molecule has 9 heteroatoms. The number of aliphatic carboxylic acids is 1. The molecule has 0 aliphatic carbocycles. The molecule has 0 unspecified atom stereocenters. The minimum Gasteiger partial charge on any atom is -0.480 e. The third kappa shape index (κ3) is 4.57. The van der Waals surface area contributed by atoms with Crippen LogP contribution in [0.5, 0.6) is 0 Å². The van der Waals surface area contributed by atoms with Gasteiger partial charge in [0.05, 0.1) is 0 Å². The predicted molar refractivity (Wildman–Crippen MR) is 79.8 cm³/mol. The summed E-state index contributed by atoms with van der Waals surface area (Å²) in [6.07, 6.45) is -0.629. The van der Waals surface area contributed by atoms with Gasteiger partial charge in [-0.25, -0.2) is 9.59 Å². The number of ether oxygens (including phenoxy) is 1. The Kier molecular flexibility index (Phi) is 5.24. The van der Waals surface area contributed by atoms with Crippen molar-refractivity contribution >= 4 is 24.0 Å². The summed E-state index contributed by atoms with van der Waals surface area (Å²) >= 11 is 0. The second-order valence-electron chi connectivity index (χ2n) is 6.71. The van der Waals surface area contributed by atoms with Crippen LogP contribution in [0.2, 0.25) is 0 Å². The summed E-state index contributed by atoms with van der Waals surface area (Å²) in [4.78, 5) is 48.6. The number of alkyl carbamates (subject to hydrolysis) is 1. The first-order valence-electron chi connectivity index (χ1n) is 7.18. The highest BCUT2D eigenvalue weighted by atomic mass is 16.6. The topological polar surface area (TPSA) is 116 Å². The molecule has 1 aliphatic rings. The molecule has 23 heavy (non-hydrogen) atoms. The highest BCUT2D eigenvalue weighted by Gasteiger charge is 2.51. The summed E-state index contributed by atoms with van der Waals surface area (Å²) in [7, 11) is 0. The number of carboxylic acid groups (broad SMARTS) is 1. The van der Waals surface area contributed by atoms with Crippen LogP contribution in [0.25, 0.3) is 0 Å². The highest BCUT2D eigenvalue weighted by Crippen LogP contribution is 2.26. The Bertz CT molecular complexity index is 523. The van der Waals surface area contributed by atoms with E-state index in [-0.39, 0.29) is 13.1 Å². The zero-order valence-corrected chi connectivity index (χ0v) is 14.0. The summed E-state index contributed by atoms with van der Waals surface area (Å²) in [5.41, 5.74) is -1.80. The highest BCUT2D eigenvalue weighted by molar-refractivity contribution is 6.08. The fraction of sp³-hybridized carbons (Fsp3) is 0.714. The lowest BCUT2D eigenvalue weighted by atomic mass is 10.0. The van der Waals surface area contributed by atoms with E-state index in [1.165, 1.54) is 18.7 Å². The number of carbonyl (C=O) groups is 4. The van der Waals surface area contributed by atoms with Crippen LogP contribution in [0, 0.1) is 0 Å². The number of urea groups is 1. The van der Waals surface area contributed by atoms with Crippen LogP contribution in [0.3, 0.4) is 0 Å². The second kappa shape index (κ2) is 6.43. The zero-order chi connectivity index (χ0) is 18.0. The van der Waals surface area contributed by atoms with Crippen molar-refractivity contribution < 1.29 is 29.0 Å². The molecule has 0 atom stereocenters. The van der Waals surface area contributed by atoms with Gasteiger partial charge in [0.25, 0.3) is 5.91 Å². The van der Waals surface area contributed by atoms with E-state index in [0.29, 0.717) is 4.90 Å². The summed E-state index contributed by atoms with van der Waals surface area (Å²) in [5, 5.41) is 11.3. The molecule has 0 aromatic heterocycles. The average Bonchev–Trinajstić information content (AvgIpc) is 2.50. The van der Waals surface area contributed by atoms with Gasteiger partial charge in [-0.2, -0.15) is 0 Å². The van der Waals surface area contributed by atoms with E-state index in [0.717, 1.165) is 0 Å². The average molecular weight is 329 g/mol. The van der Waals surface area contributed by atoms with Gasteiger partial charge in [-0.05, 0) is 34.6 Å². The summed E-state index contributed by atoms with van der Waals surface area (Å²) in [5.74, 6) is -1.85. The van der Waals surface area contributed by atoms with Crippen LogP contribution in [-0.2, 0) is 14.3 Å². The normalized spacial score (nSPS) is 17.4. The molecule has 9 nitrogen and oxygen atoms in total. The molecule has 1 heterocycles. The lowest BCUT2D eigenvalue weighted by molar-refractivity contribution is -0.142. The standard InChI is InChI=1S/C14H23N3O6/c1-13(2,3)23-11(21)15-6-7-17-12(22)16(8-9(18)19)10(20)14(17,4)5/h6-8H2,1-5H3,(H,15,21)(H,18,19). The van der Waals surface area contributed by atoms with E-state index in [1.54, 1.807) is 20.8 Å². The van der Waals surface area contributed by atoms with Crippen molar-refractivity contribution in [1.29, 1.82) is 0 Å². The molecule has 2 N–H and O–H groups in total. The van der Waals surface area contributed by atoms with Crippen molar-refractivity contribution in [2.24, 2.45) is 0 Å². The molecule has 0 aromatic rings. The third-order valence-corrected chi connectivity index (χ3v) is 3.20. The number of nitrogens with one attached hydrogen (secondary N) is 1. The summed E-state index contributed by atoms with van der Waals surface area (Å²) in [6, 6.07) is -0.687. The number of rotatable bonds is 5. The first-order chi connectivity index (χ1) is 10.4. The van der Waals surface area contributed by atoms with Gasteiger partial charge in [0.1, 0.15) is 17.7 Å². The Labute approximate surface area is 134 Å². The number of amides is 4. The molecule has 0 aromatic carbocycles. The Hall–Kier alpha value is -2.32. The smallest absolute Gasteiger partial charge is 0.407 e. The molecule has 4 amide bonds. The van der Waals surface area contributed by atoms with E-state index in [1.807, 2.05) is 0 Å². The maximum absolute atomic E-state index is 12.2. The third-order valence-electron chi connectivity index (χ3n) is 3.20. The molecule has 0 bridgehead atoms. The number of nitrogens with zero attached hydrogens (tertiary/aromatic N) is 2. The molecular formula is C14H23N3O6. The lowest BCUT2D eigenvalue weighted by Gasteiger charge is -2.28. The van der Waals surface area contributed by atoms with Crippen LogP contribution in [0.1, 0.15) is 34.6 Å². The quantitative estimate of drug-likeness (QED) is 0.715. The Morgan fingerprint density at radius 3 is 2.30 bits per heavy atom. The fourth-order valence-electron chi connectivity index (χ4n) is 2.15. The molecular weight excluding hydrogens is 306 g/mol. The van der Waals surface area contributed by atoms with Gasteiger partial charge in [0.2, 0.25) is 0 Å². The predicted octanol–water partition coefficient (Wildman–Crippen LogP) is 0.639. The monoisotopic (exact) mass is 329 g/mol. The molecule has 0 saturated carbocycles. The van der Waals surface area contributed by atoms with E-state index >= 15 is 0 Å². The molecule has 1 aliphatic heterocycles. The molecule has 0 radical (unpaired) electrons. The van der Waals surface area contributed by atoms with Crippen LogP contribution in [0.15, 0.2) is 0 Å². The fourth-order valence-corrected chi connectivity index (χ4v) is 2.15. The SMILES string of the molecule is CC(C)(C)OC(=O)NCCN1C(=O)N(CC(=O)O)C(=O)C1(C)C. The second-order valence-corrected chi connectivity index (χ2v) is 6.71. The van der Waals surface area contributed by atoms with Gasteiger partial charge in [-0.3, -0.25) is 14.5 Å². The van der Waals surface area contributed by atoms with Crippen molar-refractivity contribution in [1.82, 2.24) is 15.1 Å². The van der Waals surface area contributed by atoms with E-state index in [9.17, 15) is 19.2 Å². The van der Waals surface area contributed by atoms with Gasteiger partial charge in [0.15, 0.2) is 0 Å². The molecule has 1 rings (SSSR count). The lowest BCUT2D eigenvalue weighted by Crippen LogP contribution is -2.47. The van der Waals surface area contributed by atoms with E-state index in [4.69, 9.17) is 9.84 Å². The summed E-state index contributed by atoms with van der Waals surface area (Å²) < 4.78 is 5.07. The Morgan fingerprint density at radius 1 is 1.26 bits per heavy atom. The largest absolute Gasteiger partial charge is 0.480 e. The van der Waals surface area contributed by atoms with Gasteiger partial charge < -0.3 is 20.1 Å². The minimum absolute atomic E-state index is 0.0624. The zero-order valence-electron chi connectivity index (χ0n) is 14.0. The Morgan fingerprint density at radius 2 is 1.83 bits per heavy atom. The first-order valence-corrected chi connectivity index (χ1v) is 7.18. The summed E-state index contributed by atoms with van der Waals surface area (Å²) in [6.45, 7) is 7.69. The van der Waals surface area contributed by atoms with Crippen molar-refractivity contribution in [2.45, 2.75) is 45.8 Å². The maximum Gasteiger partial charge on any atom is 0.407 e. The number of hydrogen-bond donors (Lipinski definition) is 2. The minimum atomic E-state index is -1.27. The number of imide groups is 1. The number of carboxylic acids is 1. The van der Waals surface area contributed by atoms with Gasteiger partial charge in [-0.1, -0.05) is 0 Å². The van der Waals surface area contributed by atoms with E-state index in [2.05, 4.69) is 5.32 Å². The molecule has 1 fully saturated rings.